The van der Waals surface area contributed by atoms with Gasteiger partial charge in [0.05, 0.1) is 0 Å². The summed E-state index contributed by atoms with van der Waals surface area (Å²) in [4.78, 5) is 23.9. The van der Waals surface area contributed by atoms with Gasteiger partial charge in [-0.3, -0.25) is 9.78 Å². The van der Waals surface area contributed by atoms with Crippen molar-refractivity contribution in [2.45, 2.75) is 44.2 Å². The van der Waals surface area contributed by atoms with Gasteiger partial charge >= 0.3 is 0 Å². The van der Waals surface area contributed by atoms with Gasteiger partial charge in [0.25, 0.3) is 5.56 Å². The van der Waals surface area contributed by atoms with Crippen LogP contribution in [0.5, 0.6) is 0 Å². The van der Waals surface area contributed by atoms with E-state index < -0.39 is 0 Å². The normalized spacial score (nSPS) is 15.2. The van der Waals surface area contributed by atoms with Crippen molar-refractivity contribution in [3.05, 3.63) is 93.7 Å². The second kappa shape index (κ2) is 8.44. The number of pyridine rings is 1. The topological polar surface area (TPSA) is 70.7 Å². The van der Waals surface area contributed by atoms with Gasteiger partial charge in [-0.1, -0.05) is 24.6 Å². The second-order valence-corrected chi connectivity index (χ2v) is 7.30. The second-order valence-electron chi connectivity index (χ2n) is 7.30. The Morgan fingerprint density at radius 3 is 2.71 bits per heavy atom. The maximum Gasteiger partial charge on any atom is 0.251 e. The highest BCUT2D eigenvalue weighted by Crippen LogP contribution is 2.34. The van der Waals surface area contributed by atoms with Crippen molar-refractivity contribution in [1.82, 2.24) is 20.3 Å². The quantitative estimate of drug-likeness (QED) is 0.658. The van der Waals surface area contributed by atoms with Crippen LogP contribution in [0.25, 0.3) is 0 Å². The molecule has 1 aliphatic rings. The van der Waals surface area contributed by atoms with Gasteiger partial charge in [0.1, 0.15) is 11.6 Å². The summed E-state index contributed by atoms with van der Waals surface area (Å²) in [5, 5.41) is 3.50. The van der Waals surface area contributed by atoms with Crippen LogP contribution in [-0.2, 0) is 13.0 Å². The molecule has 28 heavy (non-hydrogen) atoms. The fourth-order valence-electron chi connectivity index (χ4n) is 3.46. The van der Waals surface area contributed by atoms with Crippen LogP contribution in [0.15, 0.2) is 59.7 Å². The summed E-state index contributed by atoms with van der Waals surface area (Å²) in [5.41, 5.74) is 2.65. The number of nitrogens with zero attached hydrogens (tertiary/aromatic N) is 2. The summed E-state index contributed by atoms with van der Waals surface area (Å²) in [6.07, 6.45) is 7.44. The van der Waals surface area contributed by atoms with Crippen LogP contribution >= 0.6 is 0 Å². The predicted molar refractivity (Wildman–Crippen MR) is 105 cm³/mol. The van der Waals surface area contributed by atoms with E-state index in [9.17, 15) is 9.18 Å². The largest absolute Gasteiger partial charge is 0.310 e. The molecule has 0 amide bonds. The summed E-state index contributed by atoms with van der Waals surface area (Å²) < 4.78 is 13.4. The number of H-pyrrole nitrogens is 1. The molecule has 0 spiro atoms. The highest BCUT2D eigenvalue weighted by atomic mass is 19.1. The molecule has 1 atom stereocenters. The number of hydrogen-bond acceptors (Lipinski definition) is 4. The third-order valence-electron chi connectivity index (χ3n) is 5.27. The van der Waals surface area contributed by atoms with Gasteiger partial charge in [-0.05, 0) is 42.2 Å². The van der Waals surface area contributed by atoms with Crippen LogP contribution in [0.3, 0.4) is 0 Å². The Balaban J connectivity index is 1.57. The molecule has 4 rings (SSSR count). The van der Waals surface area contributed by atoms with Crippen molar-refractivity contribution in [2.75, 3.05) is 0 Å². The number of benzene rings is 1. The van der Waals surface area contributed by atoms with Crippen LogP contribution in [0, 0.1) is 5.82 Å². The standard InChI is InChI=1S/C22H23FN4O/c23-18-8-6-16(7-9-18)20(25-14-15-3-2-10-24-13-15)11-19-12-21(28)27-22(26-19)17-4-1-5-17/h2-3,6-10,12-13,17,20,25H,1,4-5,11,14H2,(H,26,27,28). The Bertz CT molecular complexity index is 968. The first kappa shape index (κ1) is 18.5. The molecule has 0 saturated heterocycles. The SMILES string of the molecule is O=c1cc(CC(NCc2cccnc2)c2ccc(F)cc2)nc(C2CCC2)[nH]1. The monoisotopic (exact) mass is 378 g/mol. The molecule has 1 aromatic carbocycles. The Labute approximate surface area is 163 Å². The van der Waals surface area contributed by atoms with Gasteiger partial charge < -0.3 is 10.3 Å². The van der Waals surface area contributed by atoms with Crippen molar-refractivity contribution in [1.29, 1.82) is 0 Å². The van der Waals surface area contributed by atoms with E-state index in [1.54, 1.807) is 24.4 Å². The summed E-state index contributed by atoms with van der Waals surface area (Å²) in [6, 6.07) is 11.8. The highest BCUT2D eigenvalue weighted by Gasteiger charge is 2.23. The summed E-state index contributed by atoms with van der Waals surface area (Å²) in [7, 11) is 0. The minimum absolute atomic E-state index is 0.0932. The minimum atomic E-state index is -0.267. The van der Waals surface area contributed by atoms with E-state index in [1.807, 2.05) is 18.3 Å². The zero-order valence-electron chi connectivity index (χ0n) is 15.6. The van der Waals surface area contributed by atoms with Crippen LogP contribution in [0.4, 0.5) is 4.39 Å². The Morgan fingerprint density at radius 1 is 1.21 bits per heavy atom. The number of rotatable bonds is 7. The predicted octanol–water partition coefficient (Wildman–Crippen LogP) is 3.65. The van der Waals surface area contributed by atoms with Gasteiger partial charge in [-0.15, -0.1) is 0 Å². The number of aromatic nitrogens is 3. The number of aromatic amines is 1. The lowest BCUT2D eigenvalue weighted by Crippen LogP contribution is -2.25. The lowest BCUT2D eigenvalue weighted by Gasteiger charge is -2.25. The third-order valence-corrected chi connectivity index (χ3v) is 5.27. The molecular formula is C22H23FN4O. The Morgan fingerprint density at radius 2 is 2.04 bits per heavy atom. The van der Waals surface area contributed by atoms with Crippen molar-refractivity contribution in [3.8, 4) is 0 Å². The van der Waals surface area contributed by atoms with Gasteiger partial charge in [0.15, 0.2) is 0 Å². The average Bonchev–Trinajstić information content (AvgIpc) is 2.65. The molecule has 5 nitrogen and oxygen atoms in total. The van der Waals surface area contributed by atoms with Crippen LogP contribution in [-0.4, -0.2) is 15.0 Å². The first-order chi connectivity index (χ1) is 13.7. The van der Waals surface area contributed by atoms with E-state index in [4.69, 9.17) is 4.98 Å². The third kappa shape index (κ3) is 4.51. The molecule has 2 heterocycles. The fourth-order valence-corrected chi connectivity index (χ4v) is 3.46. The molecule has 0 radical (unpaired) electrons. The Kier molecular flexibility index (Phi) is 5.58. The van der Waals surface area contributed by atoms with Crippen molar-refractivity contribution in [3.63, 3.8) is 0 Å². The molecule has 1 fully saturated rings. The molecule has 0 bridgehead atoms. The molecular weight excluding hydrogens is 355 g/mol. The maximum absolute atomic E-state index is 13.4. The summed E-state index contributed by atoms with van der Waals surface area (Å²) in [5.74, 6) is 0.885. The number of nitrogens with one attached hydrogen (secondary N) is 2. The van der Waals surface area contributed by atoms with Gasteiger partial charge in [-0.25, -0.2) is 9.37 Å². The summed E-state index contributed by atoms with van der Waals surface area (Å²) >= 11 is 0. The molecule has 6 heteroatoms. The molecule has 3 aromatic rings. The smallest absolute Gasteiger partial charge is 0.251 e. The van der Waals surface area contributed by atoms with Crippen molar-refractivity contribution in [2.24, 2.45) is 0 Å². The van der Waals surface area contributed by atoms with E-state index in [1.165, 1.54) is 18.6 Å². The van der Waals surface area contributed by atoms with E-state index in [2.05, 4.69) is 15.3 Å². The number of hydrogen-bond donors (Lipinski definition) is 2. The molecule has 2 aromatic heterocycles. The zero-order valence-corrected chi connectivity index (χ0v) is 15.6. The van der Waals surface area contributed by atoms with Gasteiger partial charge in [-0.2, -0.15) is 0 Å². The lowest BCUT2D eigenvalue weighted by atomic mass is 9.85. The van der Waals surface area contributed by atoms with E-state index in [-0.39, 0.29) is 17.4 Å². The van der Waals surface area contributed by atoms with Crippen LogP contribution in [0.1, 0.15) is 53.9 Å². The molecule has 1 aliphatic carbocycles. The summed E-state index contributed by atoms with van der Waals surface area (Å²) in [6.45, 7) is 0.620. The average molecular weight is 378 g/mol. The van der Waals surface area contributed by atoms with E-state index >= 15 is 0 Å². The molecule has 1 saturated carbocycles. The van der Waals surface area contributed by atoms with E-state index in [0.717, 1.165) is 35.5 Å². The van der Waals surface area contributed by atoms with Crippen molar-refractivity contribution >= 4 is 0 Å². The number of halogens is 1. The zero-order chi connectivity index (χ0) is 19.3. The minimum Gasteiger partial charge on any atom is -0.310 e. The molecule has 144 valence electrons. The van der Waals surface area contributed by atoms with Crippen molar-refractivity contribution < 1.29 is 4.39 Å². The molecule has 0 aliphatic heterocycles. The molecule has 2 N–H and O–H groups in total. The van der Waals surface area contributed by atoms with Gasteiger partial charge in [0.2, 0.25) is 0 Å². The maximum atomic E-state index is 13.4. The first-order valence-electron chi connectivity index (χ1n) is 9.65. The Hall–Kier alpha value is -2.86. The van der Waals surface area contributed by atoms with Crippen LogP contribution in [0.2, 0.25) is 0 Å². The molecule has 1 unspecified atom stereocenters. The highest BCUT2D eigenvalue weighted by molar-refractivity contribution is 5.23. The fraction of sp³-hybridized carbons (Fsp3) is 0.318. The first-order valence-corrected chi connectivity index (χ1v) is 9.65. The lowest BCUT2D eigenvalue weighted by molar-refractivity contribution is 0.398. The van der Waals surface area contributed by atoms with Crippen LogP contribution < -0.4 is 10.9 Å². The van der Waals surface area contributed by atoms with E-state index in [0.29, 0.717) is 18.9 Å². The van der Waals surface area contributed by atoms with Gasteiger partial charge in [0, 0.05) is 49.1 Å².